The van der Waals surface area contributed by atoms with Gasteiger partial charge in [-0.1, -0.05) is 13.8 Å². The highest BCUT2D eigenvalue weighted by Crippen LogP contribution is 2.41. The van der Waals surface area contributed by atoms with E-state index in [2.05, 4.69) is 0 Å². The van der Waals surface area contributed by atoms with Gasteiger partial charge in [0.2, 0.25) is 0 Å². The van der Waals surface area contributed by atoms with Gasteiger partial charge in [0.05, 0.1) is 0 Å². The summed E-state index contributed by atoms with van der Waals surface area (Å²) in [5.74, 6) is -0.883. The van der Waals surface area contributed by atoms with Gasteiger partial charge in [-0.15, -0.1) is 0 Å². The number of rotatable bonds is 5. The van der Waals surface area contributed by atoms with Crippen LogP contribution in [0.1, 0.15) is 46.5 Å². The molecule has 0 saturated carbocycles. The molecule has 2 aliphatic heterocycles. The molecule has 2 rings (SSSR count). The molecule has 0 amide bonds. The molecule has 2 saturated heterocycles. The third-order valence-corrected chi connectivity index (χ3v) is 5.21. The fourth-order valence-electron chi connectivity index (χ4n) is 4.07. The van der Waals surface area contributed by atoms with Crippen LogP contribution in [0.4, 0.5) is 4.39 Å². The molecule has 0 aromatic rings. The zero-order valence-corrected chi connectivity index (χ0v) is 13.3. The minimum Gasteiger partial charge on any atom is -0.480 e. The van der Waals surface area contributed by atoms with Crippen molar-refractivity contribution in [3.05, 3.63) is 0 Å². The van der Waals surface area contributed by atoms with Gasteiger partial charge >= 0.3 is 5.97 Å². The van der Waals surface area contributed by atoms with E-state index in [4.69, 9.17) is 4.74 Å². The number of ether oxygens (including phenoxy) is 1. The van der Waals surface area contributed by atoms with Crippen LogP contribution in [0.25, 0.3) is 0 Å². The van der Waals surface area contributed by atoms with Crippen LogP contribution in [0.3, 0.4) is 0 Å². The van der Waals surface area contributed by atoms with Gasteiger partial charge in [-0.25, -0.2) is 4.39 Å². The van der Waals surface area contributed by atoms with Gasteiger partial charge < -0.3 is 9.84 Å². The maximum Gasteiger partial charge on any atom is 0.321 e. The molecule has 0 aromatic heterocycles. The van der Waals surface area contributed by atoms with E-state index < -0.39 is 17.7 Å². The lowest BCUT2D eigenvalue weighted by molar-refractivity contribution is -0.148. The van der Waals surface area contributed by atoms with Crippen LogP contribution in [-0.2, 0) is 9.53 Å². The Bertz CT molecular complexity index is 367. The number of aliphatic carboxylic acids is 1. The maximum absolute atomic E-state index is 15.5. The lowest BCUT2D eigenvalue weighted by Gasteiger charge is -2.43. The molecule has 0 aliphatic carbocycles. The van der Waals surface area contributed by atoms with Crippen LogP contribution >= 0.6 is 0 Å². The van der Waals surface area contributed by atoms with Crippen molar-refractivity contribution in [3.63, 3.8) is 0 Å². The summed E-state index contributed by atoms with van der Waals surface area (Å²) in [6.45, 7) is 7.39. The van der Waals surface area contributed by atoms with Gasteiger partial charge in [0.15, 0.2) is 0 Å². The standard InChI is InChI=1S/C16H28FNO3/c1-11(2)14(15(19)20)18-8-4-5-13(18)16(3,17)12-6-9-21-10-7-12/h11-14H,4-10H2,1-3H3,(H,19,20)/t13-,14+,16-/m1/s1. The third kappa shape index (κ3) is 3.39. The molecular weight excluding hydrogens is 273 g/mol. The fourth-order valence-corrected chi connectivity index (χ4v) is 4.07. The van der Waals surface area contributed by atoms with Crippen molar-refractivity contribution >= 4 is 5.97 Å². The van der Waals surface area contributed by atoms with Crippen molar-refractivity contribution in [2.75, 3.05) is 19.8 Å². The fraction of sp³-hybridized carbons (Fsp3) is 0.938. The molecule has 0 aromatic carbocycles. The third-order valence-electron chi connectivity index (χ3n) is 5.21. The van der Waals surface area contributed by atoms with Gasteiger partial charge in [-0.3, -0.25) is 9.69 Å². The van der Waals surface area contributed by atoms with Gasteiger partial charge in [0.1, 0.15) is 11.7 Å². The van der Waals surface area contributed by atoms with Gasteiger partial charge in [-0.05, 0) is 51.0 Å². The SMILES string of the molecule is CC(C)[C@@H](C(=O)O)N1CCC[C@@H]1[C@](C)(F)C1CCOCC1. The predicted octanol–water partition coefficient (Wildman–Crippen LogP) is 2.71. The Morgan fingerprint density at radius 1 is 1.33 bits per heavy atom. The van der Waals surface area contributed by atoms with Gasteiger partial charge in [-0.2, -0.15) is 0 Å². The Kier molecular flexibility index (Phi) is 5.25. The maximum atomic E-state index is 15.5. The normalized spacial score (nSPS) is 29.5. The largest absolute Gasteiger partial charge is 0.480 e. The zero-order chi connectivity index (χ0) is 15.6. The minimum atomic E-state index is -1.34. The lowest BCUT2D eigenvalue weighted by Crippen LogP contribution is -2.56. The van der Waals surface area contributed by atoms with E-state index in [0.29, 0.717) is 19.8 Å². The molecule has 21 heavy (non-hydrogen) atoms. The summed E-state index contributed by atoms with van der Waals surface area (Å²) in [7, 11) is 0. The molecule has 2 heterocycles. The average Bonchev–Trinajstić information content (AvgIpc) is 2.88. The summed E-state index contributed by atoms with van der Waals surface area (Å²) < 4.78 is 20.9. The first-order chi connectivity index (χ1) is 9.85. The molecule has 0 bridgehead atoms. The molecule has 1 N–H and O–H groups in total. The molecule has 2 aliphatic rings. The highest BCUT2D eigenvalue weighted by Gasteiger charge is 2.49. The number of carboxylic acids is 1. The Labute approximate surface area is 126 Å². The monoisotopic (exact) mass is 301 g/mol. The number of hydrogen-bond acceptors (Lipinski definition) is 3. The molecular formula is C16H28FNO3. The van der Waals surface area contributed by atoms with Crippen molar-refractivity contribution in [3.8, 4) is 0 Å². The van der Waals surface area contributed by atoms with E-state index in [1.807, 2.05) is 18.7 Å². The van der Waals surface area contributed by atoms with Crippen LogP contribution in [0.15, 0.2) is 0 Å². The number of halogens is 1. The molecule has 5 heteroatoms. The summed E-state index contributed by atoms with van der Waals surface area (Å²) in [6, 6.07) is -0.878. The summed E-state index contributed by atoms with van der Waals surface area (Å²) in [5, 5.41) is 9.51. The van der Waals surface area contributed by atoms with Crippen molar-refractivity contribution in [2.45, 2.75) is 64.2 Å². The number of carboxylic acid groups (broad SMARTS) is 1. The van der Waals surface area contributed by atoms with Crippen molar-refractivity contribution in [1.82, 2.24) is 4.90 Å². The number of hydrogen-bond donors (Lipinski definition) is 1. The van der Waals surface area contributed by atoms with Crippen LogP contribution in [0, 0.1) is 11.8 Å². The topological polar surface area (TPSA) is 49.8 Å². The molecule has 3 atom stereocenters. The second-order valence-electron chi connectivity index (χ2n) is 6.96. The molecule has 2 fully saturated rings. The van der Waals surface area contributed by atoms with E-state index in [1.54, 1.807) is 6.92 Å². The first-order valence-electron chi connectivity index (χ1n) is 8.11. The number of likely N-dealkylation sites (tertiary alicyclic amines) is 1. The second kappa shape index (κ2) is 6.61. The minimum absolute atomic E-state index is 0.0198. The van der Waals surface area contributed by atoms with E-state index in [1.165, 1.54) is 0 Å². The lowest BCUT2D eigenvalue weighted by atomic mass is 9.78. The van der Waals surface area contributed by atoms with Crippen molar-refractivity contribution in [1.29, 1.82) is 0 Å². The van der Waals surface area contributed by atoms with Crippen LogP contribution < -0.4 is 0 Å². The average molecular weight is 301 g/mol. The molecule has 0 radical (unpaired) electrons. The molecule has 0 unspecified atom stereocenters. The highest BCUT2D eigenvalue weighted by molar-refractivity contribution is 5.74. The number of carbonyl (C=O) groups is 1. The first-order valence-corrected chi connectivity index (χ1v) is 8.11. The van der Waals surface area contributed by atoms with E-state index in [9.17, 15) is 9.90 Å². The van der Waals surface area contributed by atoms with Crippen molar-refractivity contribution < 1.29 is 19.0 Å². The van der Waals surface area contributed by atoms with E-state index in [-0.39, 0.29) is 17.9 Å². The van der Waals surface area contributed by atoms with Crippen LogP contribution in [0.5, 0.6) is 0 Å². The quantitative estimate of drug-likeness (QED) is 0.848. The van der Waals surface area contributed by atoms with E-state index in [0.717, 1.165) is 25.7 Å². The van der Waals surface area contributed by atoms with Crippen molar-refractivity contribution in [2.24, 2.45) is 11.8 Å². The molecule has 122 valence electrons. The Hall–Kier alpha value is -0.680. The Balaban J connectivity index is 2.18. The Morgan fingerprint density at radius 3 is 2.48 bits per heavy atom. The summed E-state index contributed by atoms with van der Waals surface area (Å²) in [5.41, 5.74) is -1.34. The predicted molar refractivity (Wildman–Crippen MR) is 79.0 cm³/mol. The zero-order valence-electron chi connectivity index (χ0n) is 13.3. The first kappa shape index (κ1) is 16.7. The highest BCUT2D eigenvalue weighted by atomic mass is 19.1. The summed E-state index contributed by atoms with van der Waals surface area (Å²) in [6.07, 6.45) is 3.10. The number of alkyl halides is 1. The van der Waals surface area contributed by atoms with Crippen LogP contribution in [0.2, 0.25) is 0 Å². The second-order valence-corrected chi connectivity index (χ2v) is 6.96. The molecule has 4 nitrogen and oxygen atoms in total. The number of nitrogens with zero attached hydrogens (tertiary/aromatic N) is 1. The van der Waals surface area contributed by atoms with Gasteiger partial charge in [0, 0.05) is 19.3 Å². The summed E-state index contributed by atoms with van der Waals surface area (Å²) in [4.78, 5) is 13.5. The molecule has 0 spiro atoms. The van der Waals surface area contributed by atoms with E-state index >= 15 is 4.39 Å². The van der Waals surface area contributed by atoms with Gasteiger partial charge in [0.25, 0.3) is 0 Å². The van der Waals surface area contributed by atoms with Crippen LogP contribution in [-0.4, -0.2) is 53.5 Å². The smallest absolute Gasteiger partial charge is 0.321 e. The Morgan fingerprint density at radius 2 is 1.95 bits per heavy atom. The summed E-state index contributed by atoms with van der Waals surface area (Å²) >= 11 is 0.